The first-order chi connectivity index (χ1) is 8.00. The normalized spacial score (nSPS) is 13.0. The van der Waals surface area contributed by atoms with Crippen molar-refractivity contribution in [3.05, 3.63) is 35.9 Å². The van der Waals surface area contributed by atoms with Crippen LogP contribution in [0, 0.1) is 0 Å². The Kier molecular flexibility index (Phi) is 7.00. The molecule has 5 nitrogen and oxygen atoms in total. The van der Waals surface area contributed by atoms with E-state index in [2.05, 4.69) is 5.32 Å². The van der Waals surface area contributed by atoms with Gasteiger partial charge in [0.05, 0.1) is 6.04 Å². The van der Waals surface area contributed by atoms with Gasteiger partial charge in [0.15, 0.2) is 0 Å². The molecule has 0 radical (unpaired) electrons. The predicted octanol–water partition coefficient (Wildman–Crippen LogP) is -0.0318. The Morgan fingerprint density at radius 2 is 1.83 bits per heavy atom. The van der Waals surface area contributed by atoms with Crippen LogP contribution >= 0.6 is 12.4 Å². The van der Waals surface area contributed by atoms with Gasteiger partial charge in [0.25, 0.3) is 0 Å². The molecule has 2 amide bonds. The lowest BCUT2D eigenvalue weighted by Crippen LogP contribution is -2.49. The lowest BCUT2D eigenvalue weighted by atomic mass is 10.1. The van der Waals surface area contributed by atoms with Gasteiger partial charge < -0.3 is 16.8 Å². The number of nitrogens with one attached hydrogen (secondary N) is 1. The molecule has 1 rings (SSSR count). The molecule has 100 valence electrons. The summed E-state index contributed by atoms with van der Waals surface area (Å²) in [5, 5.41) is 2.46. The first-order valence-electron chi connectivity index (χ1n) is 5.40. The molecule has 0 saturated heterocycles. The Morgan fingerprint density at radius 1 is 1.28 bits per heavy atom. The highest BCUT2D eigenvalue weighted by molar-refractivity contribution is 5.88. The van der Waals surface area contributed by atoms with Crippen molar-refractivity contribution >= 4 is 24.2 Å². The third kappa shape index (κ3) is 5.16. The number of nitrogens with two attached hydrogens (primary N) is 2. The Morgan fingerprint density at radius 3 is 2.33 bits per heavy atom. The monoisotopic (exact) mass is 271 g/mol. The third-order valence-electron chi connectivity index (χ3n) is 2.42. The molecular weight excluding hydrogens is 254 g/mol. The van der Waals surface area contributed by atoms with Gasteiger partial charge in [0.1, 0.15) is 6.04 Å². The second kappa shape index (κ2) is 7.68. The maximum absolute atomic E-state index is 11.6. The minimum atomic E-state index is -0.704. The van der Waals surface area contributed by atoms with Gasteiger partial charge >= 0.3 is 0 Å². The van der Waals surface area contributed by atoms with Crippen LogP contribution in [-0.4, -0.2) is 23.9 Å². The molecule has 0 fully saturated rings. The average Bonchev–Trinajstić information content (AvgIpc) is 2.29. The zero-order valence-corrected chi connectivity index (χ0v) is 10.9. The van der Waals surface area contributed by atoms with Gasteiger partial charge in [0.2, 0.25) is 11.8 Å². The predicted molar refractivity (Wildman–Crippen MR) is 72.2 cm³/mol. The van der Waals surface area contributed by atoms with E-state index in [-0.39, 0.29) is 18.3 Å². The number of benzene rings is 1. The average molecular weight is 272 g/mol. The Balaban J connectivity index is 0.00000289. The summed E-state index contributed by atoms with van der Waals surface area (Å²) in [7, 11) is 0. The zero-order chi connectivity index (χ0) is 12.8. The van der Waals surface area contributed by atoms with Gasteiger partial charge in [-0.3, -0.25) is 9.59 Å². The smallest absolute Gasteiger partial charge is 0.239 e. The SMILES string of the molecule is C[C@H](NC(=O)C(N)Cc1ccccc1)C(N)=O.Cl. The quantitative estimate of drug-likeness (QED) is 0.701. The lowest BCUT2D eigenvalue weighted by Gasteiger charge is -2.15. The van der Waals surface area contributed by atoms with Crippen molar-refractivity contribution in [3.63, 3.8) is 0 Å². The molecule has 1 unspecified atom stereocenters. The second-order valence-corrected chi connectivity index (χ2v) is 3.93. The molecule has 0 spiro atoms. The maximum atomic E-state index is 11.6. The molecule has 2 atom stereocenters. The van der Waals surface area contributed by atoms with Gasteiger partial charge in [-0.05, 0) is 18.9 Å². The first-order valence-corrected chi connectivity index (χ1v) is 5.40. The molecule has 1 aromatic rings. The number of halogens is 1. The molecule has 5 N–H and O–H groups in total. The van der Waals surface area contributed by atoms with Gasteiger partial charge in [-0.2, -0.15) is 0 Å². The van der Waals surface area contributed by atoms with E-state index in [1.807, 2.05) is 30.3 Å². The van der Waals surface area contributed by atoms with Crippen LogP contribution in [0.4, 0.5) is 0 Å². The second-order valence-electron chi connectivity index (χ2n) is 3.93. The number of rotatable bonds is 5. The van der Waals surface area contributed by atoms with Crippen molar-refractivity contribution in [2.45, 2.75) is 25.4 Å². The topological polar surface area (TPSA) is 98.2 Å². The highest BCUT2D eigenvalue weighted by Crippen LogP contribution is 2.02. The number of carbonyl (C=O) groups excluding carboxylic acids is 2. The van der Waals surface area contributed by atoms with E-state index in [4.69, 9.17) is 11.5 Å². The summed E-state index contributed by atoms with van der Waals surface area (Å²) in [6, 6.07) is 8.06. The molecule has 1 aromatic carbocycles. The Labute approximate surface area is 112 Å². The highest BCUT2D eigenvalue weighted by Gasteiger charge is 2.18. The van der Waals surface area contributed by atoms with Crippen LogP contribution in [0.2, 0.25) is 0 Å². The summed E-state index contributed by atoms with van der Waals surface area (Å²) in [6.07, 6.45) is 0.429. The van der Waals surface area contributed by atoms with Crippen LogP contribution in [0.1, 0.15) is 12.5 Å². The molecule has 0 aromatic heterocycles. The summed E-state index contributed by atoms with van der Waals surface area (Å²) in [5.41, 5.74) is 11.7. The number of primary amides is 1. The van der Waals surface area contributed by atoms with Crippen LogP contribution < -0.4 is 16.8 Å². The number of carbonyl (C=O) groups is 2. The fourth-order valence-electron chi connectivity index (χ4n) is 1.35. The van der Waals surface area contributed by atoms with E-state index in [9.17, 15) is 9.59 Å². The van der Waals surface area contributed by atoms with Crippen molar-refractivity contribution in [3.8, 4) is 0 Å². The molecule has 0 bridgehead atoms. The molecular formula is C12H18ClN3O2. The zero-order valence-electron chi connectivity index (χ0n) is 10.1. The molecule has 0 aliphatic carbocycles. The highest BCUT2D eigenvalue weighted by atomic mass is 35.5. The van der Waals surface area contributed by atoms with E-state index in [1.165, 1.54) is 6.92 Å². The van der Waals surface area contributed by atoms with Gasteiger partial charge in [-0.15, -0.1) is 12.4 Å². The van der Waals surface area contributed by atoms with Crippen molar-refractivity contribution in [2.75, 3.05) is 0 Å². The van der Waals surface area contributed by atoms with E-state index in [0.29, 0.717) is 6.42 Å². The Hall–Kier alpha value is -1.59. The molecule has 0 aliphatic heterocycles. The summed E-state index contributed by atoms with van der Waals surface area (Å²) < 4.78 is 0. The third-order valence-corrected chi connectivity index (χ3v) is 2.42. The summed E-state index contributed by atoms with van der Waals surface area (Å²) in [6.45, 7) is 1.52. The van der Waals surface area contributed by atoms with Crippen molar-refractivity contribution < 1.29 is 9.59 Å². The standard InChI is InChI=1S/C12H17N3O2.ClH/c1-8(11(14)16)15-12(17)10(13)7-9-5-3-2-4-6-9;/h2-6,8,10H,7,13H2,1H3,(H2,14,16)(H,15,17);1H/t8-,10?;/m0./s1. The van der Waals surface area contributed by atoms with Crippen molar-refractivity contribution in [1.82, 2.24) is 5.32 Å². The largest absolute Gasteiger partial charge is 0.368 e. The van der Waals surface area contributed by atoms with Gasteiger partial charge in [-0.25, -0.2) is 0 Å². The van der Waals surface area contributed by atoms with Crippen molar-refractivity contribution in [1.29, 1.82) is 0 Å². The van der Waals surface area contributed by atoms with Crippen LogP contribution in [0.3, 0.4) is 0 Å². The van der Waals surface area contributed by atoms with Crippen molar-refractivity contribution in [2.24, 2.45) is 11.5 Å². The summed E-state index contributed by atoms with van der Waals surface area (Å²) >= 11 is 0. The fraction of sp³-hybridized carbons (Fsp3) is 0.333. The number of amides is 2. The maximum Gasteiger partial charge on any atom is 0.239 e. The van der Waals surface area contributed by atoms with Crippen LogP contribution in [-0.2, 0) is 16.0 Å². The number of hydrogen-bond acceptors (Lipinski definition) is 3. The lowest BCUT2D eigenvalue weighted by molar-refractivity contribution is -0.127. The van der Waals surface area contributed by atoms with E-state index >= 15 is 0 Å². The molecule has 0 saturated carbocycles. The van der Waals surface area contributed by atoms with Crippen LogP contribution in [0.15, 0.2) is 30.3 Å². The molecule has 6 heteroatoms. The minimum Gasteiger partial charge on any atom is -0.368 e. The molecule has 0 heterocycles. The van der Waals surface area contributed by atoms with Crippen LogP contribution in [0.5, 0.6) is 0 Å². The van der Waals surface area contributed by atoms with E-state index < -0.39 is 18.0 Å². The van der Waals surface area contributed by atoms with E-state index in [0.717, 1.165) is 5.56 Å². The van der Waals surface area contributed by atoms with E-state index in [1.54, 1.807) is 0 Å². The van der Waals surface area contributed by atoms with Gasteiger partial charge in [0, 0.05) is 0 Å². The van der Waals surface area contributed by atoms with Gasteiger partial charge in [-0.1, -0.05) is 30.3 Å². The first kappa shape index (κ1) is 16.4. The number of hydrogen-bond donors (Lipinski definition) is 3. The Bertz CT molecular complexity index is 398. The fourth-order valence-corrected chi connectivity index (χ4v) is 1.35. The summed E-state index contributed by atoms with van der Waals surface area (Å²) in [5.74, 6) is -0.953. The molecule has 18 heavy (non-hydrogen) atoms. The van der Waals surface area contributed by atoms with Crippen LogP contribution in [0.25, 0.3) is 0 Å². The molecule has 0 aliphatic rings. The summed E-state index contributed by atoms with van der Waals surface area (Å²) in [4.78, 5) is 22.4. The minimum absolute atomic E-state index is 0.